The van der Waals surface area contributed by atoms with Gasteiger partial charge in [-0.05, 0) is 40.5 Å². The Kier molecular flexibility index (Phi) is 5.46. The van der Waals surface area contributed by atoms with Gasteiger partial charge in [0.2, 0.25) is 0 Å². The van der Waals surface area contributed by atoms with Gasteiger partial charge in [0.15, 0.2) is 0 Å². The van der Waals surface area contributed by atoms with Gasteiger partial charge in [-0.1, -0.05) is 0 Å². The highest BCUT2D eigenvalue weighted by Gasteiger charge is 2.31. The van der Waals surface area contributed by atoms with Crippen molar-refractivity contribution in [2.45, 2.75) is 19.2 Å². The molecule has 0 unspecified atom stereocenters. The van der Waals surface area contributed by atoms with Crippen molar-refractivity contribution in [3.63, 3.8) is 0 Å². The maximum Gasteiger partial charge on any atom is 0.573 e. The molecule has 1 aromatic rings. The van der Waals surface area contributed by atoms with Crippen molar-refractivity contribution in [1.29, 1.82) is 5.41 Å². The Labute approximate surface area is 116 Å². The largest absolute Gasteiger partial charge is 0.573 e. The summed E-state index contributed by atoms with van der Waals surface area (Å²) < 4.78 is 45.4. The van der Waals surface area contributed by atoms with Gasteiger partial charge in [0.1, 0.15) is 11.5 Å². The summed E-state index contributed by atoms with van der Waals surface area (Å²) in [5.41, 5.74) is 5.17. The van der Waals surface area contributed by atoms with Crippen LogP contribution in [0.25, 0.3) is 0 Å². The van der Waals surface area contributed by atoms with Crippen LogP contribution in [-0.4, -0.2) is 18.8 Å². The van der Waals surface area contributed by atoms with Crippen molar-refractivity contribution >= 4 is 21.8 Å². The summed E-state index contributed by atoms with van der Waals surface area (Å²) in [5, 5.41) is 7.01. The number of ether oxygens (including phenoxy) is 2. The van der Waals surface area contributed by atoms with E-state index in [0.29, 0.717) is 25.2 Å². The van der Waals surface area contributed by atoms with E-state index in [1.54, 1.807) is 0 Å². The Bertz CT molecular complexity index is 452. The minimum absolute atomic E-state index is 0.0682. The van der Waals surface area contributed by atoms with Crippen LogP contribution < -0.4 is 15.2 Å². The van der Waals surface area contributed by atoms with Crippen molar-refractivity contribution in [3.05, 3.63) is 22.7 Å². The molecule has 0 fully saturated rings. The first-order valence-corrected chi connectivity index (χ1v) is 6.08. The Balaban J connectivity index is 2.54. The molecule has 19 heavy (non-hydrogen) atoms. The molecule has 0 aromatic heterocycles. The van der Waals surface area contributed by atoms with E-state index >= 15 is 0 Å². The molecule has 0 heterocycles. The Morgan fingerprint density at radius 3 is 2.58 bits per heavy atom. The highest BCUT2D eigenvalue weighted by Crippen LogP contribution is 2.33. The van der Waals surface area contributed by atoms with Gasteiger partial charge in [0, 0.05) is 6.42 Å². The Morgan fingerprint density at radius 2 is 2.05 bits per heavy atom. The van der Waals surface area contributed by atoms with E-state index in [9.17, 15) is 13.2 Å². The van der Waals surface area contributed by atoms with Crippen LogP contribution in [0.1, 0.15) is 12.8 Å². The molecular formula is C11H12BrF3N2O2. The van der Waals surface area contributed by atoms with Crippen LogP contribution in [0.15, 0.2) is 22.7 Å². The number of hydrogen-bond donors (Lipinski definition) is 2. The molecule has 1 aromatic carbocycles. The molecular weight excluding hydrogens is 329 g/mol. The van der Waals surface area contributed by atoms with Gasteiger partial charge in [-0.3, -0.25) is 5.41 Å². The lowest BCUT2D eigenvalue weighted by Gasteiger charge is -2.12. The molecule has 106 valence electrons. The van der Waals surface area contributed by atoms with Crippen LogP contribution in [-0.2, 0) is 0 Å². The quantitative estimate of drug-likeness (QED) is 0.473. The molecule has 1 rings (SSSR count). The molecule has 0 saturated heterocycles. The minimum atomic E-state index is -4.73. The Morgan fingerprint density at radius 1 is 1.37 bits per heavy atom. The third kappa shape index (κ3) is 6.32. The van der Waals surface area contributed by atoms with Gasteiger partial charge in [-0.25, -0.2) is 0 Å². The van der Waals surface area contributed by atoms with E-state index < -0.39 is 6.36 Å². The molecule has 0 atom stereocenters. The molecule has 0 spiro atoms. The number of nitrogens with two attached hydrogens (primary N) is 1. The lowest BCUT2D eigenvalue weighted by molar-refractivity contribution is -0.274. The lowest BCUT2D eigenvalue weighted by atomic mass is 10.3. The molecule has 0 aliphatic heterocycles. The van der Waals surface area contributed by atoms with Crippen molar-refractivity contribution in [2.75, 3.05) is 6.61 Å². The van der Waals surface area contributed by atoms with Crippen LogP contribution in [0.2, 0.25) is 0 Å². The number of amidine groups is 1. The fourth-order valence-electron chi connectivity index (χ4n) is 1.23. The van der Waals surface area contributed by atoms with Crippen molar-refractivity contribution in [1.82, 2.24) is 0 Å². The fraction of sp³-hybridized carbons (Fsp3) is 0.364. The zero-order valence-electron chi connectivity index (χ0n) is 9.76. The maximum atomic E-state index is 12.0. The van der Waals surface area contributed by atoms with Crippen LogP contribution in [0, 0.1) is 5.41 Å². The van der Waals surface area contributed by atoms with E-state index in [-0.39, 0.29) is 16.1 Å². The zero-order valence-corrected chi connectivity index (χ0v) is 11.3. The van der Waals surface area contributed by atoms with Crippen LogP contribution in [0.4, 0.5) is 13.2 Å². The molecule has 8 heteroatoms. The smallest absolute Gasteiger partial charge is 0.494 e. The zero-order chi connectivity index (χ0) is 14.5. The first-order chi connectivity index (χ1) is 8.78. The molecule has 0 aliphatic carbocycles. The number of hydrogen-bond acceptors (Lipinski definition) is 3. The topological polar surface area (TPSA) is 68.3 Å². The van der Waals surface area contributed by atoms with E-state index in [2.05, 4.69) is 20.7 Å². The summed E-state index contributed by atoms with van der Waals surface area (Å²) >= 11 is 2.97. The highest BCUT2D eigenvalue weighted by atomic mass is 79.9. The maximum absolute atomic E-state index is 12.0. The molecule has 4 nitrogen and oxygen atoms in total. The SMILES string of the molecule is N=C(N)CCCOc1ccc(OC(F)(F)F)c(Br)c1. The first-order valence-electron chi connectivity index (χ1n) is 5.29. The molecule has 3 N–H and O–H groups in total. The van der Waals surface area contributed by atoms with Crippen LogP contribution in [0.3, 0.4) is 0 Å². The minimum Gasteiger partial charge on any atom is -0.494 e. The van der Waals surface area contributed by atoms with Gasteiger partial charge in [0.05, 0.1) is 16.9 Å². The standard InChI is InChI=1S/C11H12BrF3N2O2/c12-8-6-7(18-5-1-2-10(16)17)3-4-9(8)19-11(13,14)15/h3-4,6H,1-2,5H2,(H3,16,17). The van der Waals surface area contributed by atoms with Crippen LogP contribution >= 0.6 is 15.9 Å². The fourth-order valence-corrected chi connectivity index (χ4v) is 1.67. The van der Waals surface area contributed by atoms with Crippen molar-refractivity contribution < 1.29 is 22.6 Å². The number of rotatable bonds is 6. The number of alkyl halides is 3. The van der Waals surface area contributed by atoms with Gasteiger partial charge in [-0.2, -0.15) is 0 Å². The monoisotopic (exact) mass is 340 g/mol. The van der Waals surface area contributed by atoms with Gasteiger partial charge in [-0.15, -0.1) is 13.2 Å². The lowest BCUT2D eigenvalue weighted by Crippen LogP contribution is -2.17. The summed E-state index contributed by atoms with van der Waals surface area (Å²) in [7, 11) is 0. The summed E-state index contributed by atoms with van der Waals surface area (Å²) in [6.07, 6.45) is -3.75. The third-order valence-corrected chi connectivity index (χ3v) is 2.61. The molecule has 0 bridgehead atoms. The van der Waals surface area contributed by atoms with Crippen molar-refractivity contribution in [2.24, 2.45) is 5.73 Å². The predicted molar refractivity (Wildman–Crippen MR) is 67.5 cm³/mol. The Hall–Kier alpha value is -1.44. The van der Waals surface area contributed by atoms with E-state index in [4.69, 9.17) is 15.9 Å². The van der Waals surface area contributed by atoms with E-state index in [1.807, 2.05) is 0 Å². The summed E-state index contributed by atoms with van der Waals surface area (Å²) in [4.78, 5) is 0. The van der Waals surface area contributed by atoms with Crippen LogP contribution in [0.5, 0.6) is 11.5 Å². The van der Waals surface area contributed by atoms with Gasteiger partial charge >= 0.3 is 6.36 Å². The summed E-state index contributed by atoms with van der Waals surface area (Å²) in [6.45, 7) is 0.325. The molecule has 0 amide bonds. The second kappa shape index (κ2) is 6.65. The van der Waals surface area contributed by atoms with E-state index in [1.165, 1.54) is 12.1 Å². The average Bonchev–Trinajstić information content (AvgIpc) is 2.26. The second-order valence-electron chi connectivity index (χ2n) is 3.62. The summed E-state index contributed by atoms with van der Waals surface area (Å²) in [5.74, 6) is 0.146. The highest BCUT2D eigenvalue weighted by molar-refractivity contribution is 9.10. The van der Waals surface area contributed by atoms with Gasteiger partial charge < -0.3 is 15.2 Å². The molecule has 0 saturated carbocycles. The number of halogens is 4. The van der Waals surface area contributed by atoms with Gasteiger partial charge in [0.25, 0.3) is 0 Å². The first kappa shape index (κ1) is 15.6. The normalized spacial score (nSPS) is 11.2. The number of nitrogens with one attached hydrogen (secondary N) is 1. The molecule has 0 aliphatic rings. The summed E-state index contributed by atoms with van der Waals surface area (Å²) in [6, 6.07) is 3.92. The third-order valence-electron chi connectivity index (χ3n) is 1.99. The number of benzene rings is 1. The molecule has 0 radical (unpaired) electrons. The van der Waals surface area contributed by atoms with E-state index in [0.717, 1.165) is 6.07 Å². The van der Waals surface area contributed by atoms with Crippen molar-refractivity contribution in [3.8, 4) is 11.5 Å². The predicted octanol–water partition coefficient (Wildman–Crippen LogP) is 3.44. The average molecular weight is 341 g/mol. The second-order valence-corrected chi connectivity index (χ2v) is 4.47.